The minimum Gasteiger partial charge on any atom is -0.369 e. The Balaban J connectivity index is 2.39. The number of thiocarbonyl (C=S) groups is 1. The minimum absolute atomic E-state index is 0.0570. The van der Waals surface area contributed by atoms with Crippen LogP contribution >= 0.6 is 12.2 Å². The largest absolute Gasteiger partial charge is 0.369 e. The molecule has 0 saturated heterocycles. The Bertz CT molecular complexity index is 205. The van der Waals surface area contributed by atoms with Crippen LogP contribution < -0.4 is 5.73 Å². The van der Waals surface area contributed by atoms with Crippen LogP contribution in [0, 0.1) is 5.92 Å². The number of nitrogens with zero attached hydrogens (tertiary/aromatic N) is 1. The fourth-order valence-corrected chi connectivity index (χ4v) is 1.71. The molecule has 0 heterocycles. The highest BCUT2D eigenvalue weighted by Gasteiger charge is 2.23. The van der Waals surface area contributed by atoms with Crippen LogP contribution in [0.4, 0.5) is 0 Å². The van der Waals surface area contributed by atoms with Crippen molar-refractivity contribution < 1.29 is 4.79 Å². The summed E-state index contributed by atoms with van der Waals surface area (Å²) in [7, 11) is 0. The third-order valence-corrected chi connectivity index (χ3v) is 2.44. The first kappa shape index (κ1) is 9.36. The van der Waals surface area contributed by atoms with Gasteiger partial charge >= 0.3 is 0 Å². The van der Waals surface area contributed by atoms with E-state index in [2.05, 4.69) is 22.4 Å². The summed E-state index contributed by atoms with van der Waals surface area (Å²) in [5, 5.41) is 2.37. The van der Waals surface area contributed by atoms with Gasteiger partial charge in [-0.05, 0) is 37.9 Å². The summed E-state index contributed by atoms with van der Waals surface area (Å²) in [6.45, 7) is 0. The normalized spacial score (nSPS) is 29.0. The zero-order valence-corrected chi connectivity index (χ0v) is 7.64. The highest BCUT2D eigenvalue weighted by atomic mass is 32.1. The van der Waals surface area contributed by atoms with Gasteiger partial charge < -0.3 is 5.73 Å². The van der Waals surface area contributed by atoms with E-state index < -0.39 is 0 Å². The Hall–Kier alpha value is -0.730. The second-order valence-electron chi connectivity index (χ2n) is 3.13. The molecule has 0 aromatic heterocycles. The molecule has 1 fully saturated rings. The van der Waals surface area contributed by atoms with Crippen LogP contribution in [0.2, 0.25) is 0 Å². The Labute approximate surface area is 77.0 Å². The third-order valence-electron chi connectivity index (χ3n) is 2.33. The van der Waals surface area contributed by atoms with E-state index in [9.17, 15) is 4.79 Å². The van der Waals surface area contributed by atoms with E-state index in [1.807, 2.05) is 0 Å². The summed E-state index contributed by atoms with van der Waals surface area (Å²) in [4.78, 5) is 14.8. The molecule has 0 radical (unpaired) electrons. The van der Waals surface area contributed by atoms with E-state index in [-0.39, 0.29) is 17.9 Å². The van der Waals surface area contributed by atoms with E-state index in [0.29, 0.717) is 0 Å². The molecule has 0 aliphatic heterocycles. The second-order valence-corrected chi connectivity index (χ2v) is 3.31. The van der Waals surface area contributed by atoms with Gasteiger partial charge in [0.1, 0.15) is 0 Å². The lowest BCUT2D eigenvalue weighted by Gasteiger charge is -2.22. The molecule has 0 bridgehead atoms. The van der Waals surface area contributed by atoms with Gasteiger partial charge in [-0.1, -0.05) is 0 Å². The molecule has 0 aromatic rings. The molecule has 12 heavy (non-hydrogen) atoms. The van der Waals surface area contributed by atoms with Crippen LogP contribution in [0.15, 0.2) is 4.99 Å². The first-order valence-electron chi connectivity index (χ1n) is 4.10. The summed E-state index contributed by atoms with van der Waals surface area (Å²) in [6, 6.07) is 0.276. The Kier molecular flexibility index (Phi) is 3.38. The highest BCUT2D eigenvalue weighted by Crippen LogP contribution is 2.25. The molecule has 66 valence electrons. The van der Waals surface area contributed by atoms with Gasteiger partial charge in [0.15, 0.2) is 0 Å². The topological polar surface area (TPSA) is 55.5 Å². The molecule has 2 N–H and O–H groups in total. The lowest BCUT2D eigenvalue weighted by atomic mass is 9.86. The smallest absolute Gasteiger partial charge is 0.220 e. The van der Waals surface area contributed by atoms with Crippen LogP contribution in [0.1, 0.15) is 25.7 Å². The van der Waals surface area contributed by atoms with Crippen molar-refractivity contribution in [1.82, 2.24) is 0 Å². The van der Waals surface area contributed by atoms with Gasteiger partial charge in [-0.2, -0.15) is 0 Å². The SMILES string of the molecule is NC(=O)C1CCC(N=C=S)CC1. The summed E-state index contributed by atoms with van der Waals surface area (Å²) in [6.07, 6.45) is 3.52. The van der Waals surface area contributed by atoms with Crippen LogP contribution in [0.25, 0.3) is 0 Å². The first-order valence-corrected chi connectivity index (χ1v) is 4.51. The standard InChI is InChI=1S/C8H12N2OS/c9-8(11)6-1-3-7(4-2-6)10-5-12/h6-7H,1-4H2,(H2,9,11). The van der Waals surface area contributed by atoms with Gasteiger partial charge in [-0.15, -0.1) is 0 Å². The average Bonchev–Trinajstić information content (AvgIpc) is 2.06. The Morgan fingerprint density at radius 3 is 2.42 bits per heavy atom. The number of hydrogen-bond donors (Lipinski definition) is 1. The molecule has 0 aromatic carbocycles. The zero-order valence-electron chi connectivity index (χ0n) is 6.82. The first-order chi connectivity index (χ1) is 5.74. The Morgan fingerprint density at radius 2 is 2.00 bits per heavy atom. The highest BCUT2D eigenvalue weighted by molar-refractivity contribution is 7.78. The van der Waals surface area contributed by atoms with E-state index in [0.717, 1.165) is 25.7 Å². The van der Waals surface area contributed by atoms with E-state index >= 15 is 0 Å². The molecule has 4 heteroatoms. The van der Waals surface area contributed by atoms with Crippen molar-refractivity contribution in [2.75, 3.05) is 0 Å². The average molecular weight is 184 g/mol. The maximum atomic E-state index is 10.8. The second kappa shape index (κ2) is 4.33. The number of amides is 1. The summed E-state index contributed by atoms with van der Waals surface area (Å²) < 4.78 is 0. The van der Waals surface area contributed by atoms with E-state index in [4.69, 9.17) is 5.73 Å². The molecule has 0 atom stereocenters. The molecule has 0 spiro atoms. The maximum absolute atomic E-state index is 10.8. The predicted octanol–water partition coefficient (Wildman–Crippen LogP) is 1.13. The predicted molar refractivity (Wildman–Crippen MR) is 50.0 cm³/mol. The minimum atomic E-state index is -0.181. The fourth-order valence-electron chi connectivity index (χ4n) is 1.56. The molecule has 0 unspecified atom stereocenters. The maximum Gasteiger partial charge on any atom is 0.220 e. The summed E-state index contributed by atoms with van der Waals surface area (Å²) >= 11 is 4.51. The van der Waals surface area contributed by atoms with E-state index in [1.165, 1.54) is 0 Å². The number of carbonyl (C=O) groups excluding carboxylic acids is 1. The van der Waals surface area contributed by atoms with Crippen LogP contribution in [-0.4, -0.2) is 17.1 Å². The number of hydrogen-bond acceptors (Lipinski definition) is 3. The molecule has 1 amide bonds. The van der Waals surface area contributed by atoms with Gasteiger partial charge in [-0.25, -0.2) is 4.99 Å². The lowest BCUT2D eigenvalue weighted by Crippen LogP contribution is -2.28. The van der Waals surface area contributed by atoms with Crippen LogP contribution in [-0.2, 0) is 4.79 Å². The van der Waals surface area contributed by atoms with Crippen molar-refractivity contribution in [2.24, 2.45) is 16.6 Å². The van der Waals surface area contributed by atoms with Crippen molar-refractivity contribution in [3.05, 3.63) is 0 Å². The summed E-state index contributed by atoms with van der Waals surface area (Å²) in [5.74, 6) is -0.124. The van der Waals surface area contributed by atoms with Crippen molar-refractivity contribution >= 4 is 23.3 Å². The van der Waals surface area contributed by atoms with Crippen molar-refractivity contribution in [1.29, 1.82) is 0 Å². The Morgan fingerprint density at radius 1 is 1.42 bits per heavy atom. The number of nitrogens with two attached hydrogens (primary N) is 1. The number of aliphatic imine (C=N–C) groups is 1. The fraction of sp³-hybridized carbons (Fsp3) is 0.750. The molecule has 3 nitrogen and oxygen atoms in total. The van der Waals surface area contributed by atoms with Crippen molar-refractivity contribution in [3.63, 3.8) is 0 Å². The number of primary amides is 1. The zero-order chi connectivity index (χ0) is 8.97. The molecule has 1 aliphatic rings. The summed E-state index contributed by atoms with van der Waals surface area (Å²) in [5.41, 5.74) is 5.18. The molecule has 1 aliphatic carbocycles. The third kappa shape index (κ3) is 2.40. The molecular weight excluding hydrogens is 172 g/mol. The van der Waals surface area contributed by atoms with Gasteiger partial charge in [0.25, 0.3) is 0 Å². The number of isothiocyanates is 1. The van der Waals surface area contributed by atoms with Crippen molar-refractivity contribution in [3.8, 4) is 0 Å². The van der Waals surface area contributed by atoms with Gasteiger partial charge in [-0.3, -0.25) is 4.79 Å². The lowest BCUT2D eigenvalue weighted by molar-refractivity contribution is -0.122. The van der Waals surface area contributed by atoms with E-state index in [1.54, 1.807) is 0 Å². The van der Waals surface area contributed by atoms with Crippen molar-refractivity contribution in [2.45, 2.75) is 31.7 Å². The molecule has 1 saturated carbocycles. The molecule has 1 rings (SSSR count). The molecular formula is C8H12N2OS. The van der Waals surface area contributed by atoms with Gasteiger partial charge in [0.05, 0.1) is 11.2 Å². The number of rotatable bonds is 2. The number of carbonyl (C=O) groups is 1. The van der Waals surface area contributed by atoms with Crippen LogP contribution in [0.5, 0.6) is 0 Å². The van der Waals surface area contributed by atoms with Gasteiger partial charge in [0.2, 0.25) is 5.91 Å². The van der Waals surface area contributed by atoms with Crippen LogP contribution in [0.3, 0.4) is 0 Å². The monoisotopic (exact) mass is 184 g/mol. The van der Waals surface area contributed by atoms with Gasteiger partial charge in [0, 0.05) is 5.92 Å². The quantitative estimate of drug-likeness (QED) is 0.516.